The van der Waals surface area contributed by atoms with Gasteiger partial charge >= 0.3 is 12.0 Å². The van der Waals surface area contributed by atoms with Gasteiger partial charge in [-0.3, -0.25) is 14.9 Å². The van der Waals surface area contributed by atoms with Gasteiger partial charge in [0.1, 0.15) is 13.2 Å². The molecule has 0 aliphatic carbocycles. The number of carboxylic acid groups (broad SMARTS) is 1. The van der Waals surface area contributed by atoms with Crippen molar-refractivity contribution in [3.8, 4) is 0 Å². The Labute approximate surface area is 103 Å². The first-order valence-corrected chi connectivity index (χ1v) is 4.90. The highest BCUT2D eigenvalue weighted by Gasteiger charge is 2.10. The van der Waals surface area contributed by atoms with Gasteiger partial charge in [-0.05, 0) is 0 Å². The van der Waals surface area contributed by atoms with Gasteiger partial charge in [-0.1, -0.05) is 0 Å². The molecule has 0 fully saturated rings. The largest absolute Gasteiger partial charge is 0.480 e. The van der Waals surface area contributed by atoms with Crippen LogP contribution >= 0.6 is 0 Å². The van der Waals surface area contributed by atoms with Crippen molar-refractivity contribution in [2.75, 3.05) is 33.9 Å². The van der Waals surface area contributed by atoms with Crippen LogP contribution in [0.15, 0.2) is 0 Å². The fourth-order valence-corrected chi connectivity index (χ4v) is 0.752. The molecule has 0 aromatic heterocycles. The van der Waals surface area contributed by atoms with Gasteiger partial charge in [-0.25, -0.2) is 9.59 Å². The number of imide groups is 1. The van der Waals surface area contributed by atoms with Crippen molar-refractivity contribution in [1.82, 2.24) is 15.5 Å². The van der Waals surface area contributed by atoms with Crippen LogP contribution in [0, 0.1) is 0 Å². The lowest BCUT2D eigenvalue weighted by Gasteiger charge is -2.11. The van der Waals surface area contributed by atoms with Crippen LogP contribution in [0.3, 0.4) is 0 Å². The van der Waals surface area contributed by atoms with Gasteiger partial charge < -0.3 is 20.1 Å². The summed E-state index contributed by atoms with van der Waals surface area (Å²) in [7, 11) is 3.04. The van der Waals surface area contributed by atoms with Crippen molar-refractivity contribution < 1.29 is 29.0 Å². The van der Waals surface area contributed by atoms with Gasteiger partial charge in [0.15, 0.2) is 0 Å². The number of carbonyl (C=O) groups is 4. The zero-order chi connectivity index (χ0) is 14.1. The second-order valence-electron chi connectivity index (χ2n) is 3.41. The molecule has 0 heterocycles. The topological polar surface area (TPSA) is 125 Å². The molecule has 0 aromatic carbocycles. The molecule has 0 rings (SSSR count). The van der Waals surface area contributed by atoms with Crippen molar-refractivity contribution in [2.24, 2.45) is 0 Å². The van der Waals surface area contributed by atoms with Crippen LogP contribution in [0.2, 0.25) is 0 Å². The summed E-state index contributed by atoms with van der Waals surface area (Å²) in [6.45, 7) is -1.43. The summed E-state index contributed by atoms with van der Waals surface area (Å²) in [6.07, 6.45) is 0. The molecule has 0 aromatic rings. The third kappa shape index (κ3) is 8.05. The molecule has 0 saturated heterocycles. The van der Waals surface area contributed by atoms with E-state index in [1.807, 2.05) is 5.32 Å². The molecule has 0 bridgehead atoms. The number of nitrogens with one attached hydrogen (secondary N) is 2. The molecule has 102 valence electrons. The fourth-order valence-electron chi connectivity index (χ4n) is 0.752. The summed E-state index contributed by atoms with van der Waals surface area (Å²) < 4.78 is 4.45. The minimum absolute atomic E-state index is 0.248. The molecule has 0 atom stereocenters. The monoisotopic (exact) mass is 261 g/mol. The number of aliphatic carboxylic acids is 1. The highest BCUT2D eigenvalue weighted by atomic mass is 16.5. The molecule has 18 heavy (non-hydrogen) atoms. The van der Waals surface area contributed by atoms with E-state index in [1.54, 1.807) is 0 Å². The van der Waals surface area contributed by atoms with E-state index in [2.05, 4.69) is 10.1 Å². The highest BCUT2D eigenvalue weighted by Crippen LogP contribution is 1.78. The Hall–Kier alpha value is -2.16. The Morgan fingerprint density at radius 1 is 1.17 bits per heavy atom. The summed E-state index contributed by atoms with van der Waals surface area (Å²) in [5.41, 5.74) is 0. The number of hydrogen-bond acceptors (Lipinski definition) is 5. The first-order valence-electron chi connectivity index (χ1n) is 4.90. The maximum atomic E-state index is 11.1. The standard InChI is InChI=1S/C9H15N3O6/c1-12(2)7(14)3-10-9(17)11-6(13)4-18-5-8(15)16/h3-5H2,1-2H3,(H,15,16)(H2,10,11,13,17). The number of rotatable bonds is 6. The van der Waals surface area contributed by atoms with Gasteiger partial charge in [-0.2, -0.15) is 0 Å². The number of carbonyl (C=O) groups excluding carboxylic acids is 3. The van der Waals surface area contributed by atoms with Crippen molar-refractivity contribution in [2.45, 2.75) is 0 Å². The van der Waals surface area contributed by atoms with Crippen LogP contribution in [0.1, 0.15) is 0 Å². The molecule has 4 amide bonds. The Kier molecular flexibility index (Phi) is 7.05. The zero-order valence-electron chi connectivity index (χ0n) is 10.1. The van der Waals surface area contributed by atoms with Gasteiger partial charge in [0.25, 0.3) is 5.91 Å². The van der Waals surface area contributed by atoms with E-state index >= 15 is 0 Å². The van der Waals surface area contributed by atoms with E-state index in [4.69, 9.17) is 5.11 Å². The molecular weight excluding hydrogens is 246 g/mol. The summed E-state index contributed by atoms with van der Waals surface area (Å²) in [4.78, 5) is 44.6. The first kappa shape index (κ1) is 15.8. The second kappa shape index (κ2) is 8.01. The predicted molar refractivity (Wildman–Crippen MR) is 58.7 cm³/mol. The molecule has 0 saturated carbocycles. The molecule has 0 spiro atoms. The van der Waals surface area contributed by atoms with E-state index in [0.29, 0.717) is 0 Å². The van der Waals surface area contributed by atoms with Crippen molar-refractivity contribution in [3.05, 3.63) is 0 Å². The average molecular weight is 261 g/mol. The van der Waals surface area contributed by atoms with E-state index in [1.165, 1.54) is 19.0 Å². The predicted octanol–water partition coefficient (Wildman–Crippen LogP) is -2.00. The van der Waals surface area contributed by atoms with E-state index in [-0.39, 0.29) is 12.5 Å². The lowest BCUT2D eigenvalue weighted by atomic mass is 10.5. The molecule has 0 unspecified atom stereocenters. The van der Waals surface area contributed by atoms with Gasteiger partial charge in [0.05, 0.1) is 6.54 Å². The van der Waals surface area contributed by atoms with Crippen LogP contribution in [-0.4, -0.2) is 67.7 Å². The van der Waals surface area contributed by atoms with E-state index in [0.717, 1.165) is 0 Å². The van der Waals surface area contributed by atoms with Crippen molar-refractivity contribution in [3.63, 3.8) is 0 Å². The van der Waals surface area contributed by atoms with Crippen LogP contribution in [0.5, 0.6) is 0 Å². The number of hydrogen-bond donors (Lipinski definition) is 3. The Balaban J connectivity index is 3.77. The van der Waals surface area contributed by atoms with E-state index < -0.39 is 31.1 Å². The normalized spacial score (nSPS) is 9.44. The second-order valence-corrected chi connectivity index (χ2v) is 3.41. The third-order valence-electron chi connectivity index (χ3n) is 1.61. The Bertz CT molecular complexity index is 341. The summed E-state index contributed by atoms with van der Waals surface area (Å²) in [5, 5.41) is 12.3. The SMILES string of the molecule is CN(C)C(=O)CNC(=O)NC(=O)COCC(=O)O. The number of carboxylic acids is 1. The minimum atomic E-state index is -1.22. The third-order valence-corrected chi connectivity index (χ3v) is 1.61. The maximum Gasteiger partial charge on any atom is 0.329 e. The van der Waals surface area contributed by atoms with Crippen molar-refractivity contribution in [1.29, 1.82) is 0 Å². The van der Waals surface area contributed by atoms with Gasteiger partial charge in [-0.15, -0.1) is 0 Å². The molecule has 0 aliphatic rings. The van der Waals surface area contributed by atoms with Gasteiger partial charge in [0, 0.05) is 14.1 Å². The maximum absolute atomic E-state index is 11.1. The molecule has 3 N–H and O–H groups in total. The molecule has 0 aliphatic heterocycles. The number of likely N-dealkylation sites (N-methyl/N-ethyl adjacent to an activating group) is 1. The number of amides is 4. The molecular formula is C9H15N3O6. The van der Waals surface area contributed by atoms with Crippen LogP contribution < -0.4 is 10.6 Å². The quantitative estimate of drug-likeness (QED) is 0.508. The van der Waals surface area contributed by atoms with Crippen LogP contribution in [-0.2, 0) is 19.1 Å². The summed E-state index contributed by atoms with van der Waals surface area (Å²) in [5.74, 6) is -2.35. The van der Waals surface area contributed by atoms with Crippen molar-refractivity contribution >= 4 is 23.8 Å². The highest BCUT2D eigenvalue weighted by molar-refractivity contribution is 5.96. The summed E-state index contributed by atoms with van der Waals surface area (Å²) in [6, 6.07) is -0.853. The average Bonchev–Trinajstić information content (AvgIpc) is 2.24. The zero-order valence-corrected chi connectivity index (χ0v) is 10.1. The molecule has 0 radical (unpaired) electrons. The molecule has 9 nitrogen and oxygen atoms in total. The minimum Gasteiger partial charge on any atom is -0.480 e. The number of ether oxygens (including phenoxy) is 1. The summed E-state index contributed by atoms with van der Waals surface area (Å²) >= 11 is 0. The first-order chi connectivity index (χ1) is 8.32. The Morgan fingerprint density at radius 2 is 1.78 bits per heavy atom. The fraction of sp³-hybridized carbons (Fsp3) is 0.556. The van der Waals surface area contributed by atoms with Crippen LogP contribution in [0.25, 0.3) is 0 Å². The number of nitrogens with zero attached hydrogens (tertiary/aromatic N) is 1. The van der Waals surface area contributed by atoms with Crippen LogP contribution in [0.4, 0.5) is 4.79 Å². The van der Waals surface area contributed by atoms with E-state index in [9.17, 15) is 19.2 Å². The van der Waals surface area contributed by atoms with Gasteiger partial charge in [0.2, 0.25) is 5.91 Å². The lowest BCUT2D eigenvalue weighted by Crippen LogP contribution is -2.45. The lowest BCUT2D eigenvalue weighted by molar-refractivity contribution is -0.143. The smallest absolute Gasteiger partial charge is 0.329 e. The number of urea groups is 1. The Morgan fingerprint density at radius 3 is 2.28 bits per heavy atom. The molecule has 9 heteroatoms.